The molecule has 1 amide bonds. The number of rotatable bonds is 5. The maximum absolute atomic E-state index is 11.4. The van der Waals surface area contributed by atoms with Crippen LogP contribution in [0.5, 0.6) is 5.75 Å². The van der Waals surface area contributed by atoms with Crippen molar-refractivity contribution in [2.24, 2.45) is 0 Å². The molecule has 1 fully saturated rings. The van der Waals surface area contributed by atoms with Crippen molar-refractivity contribution >= 4 is 5.91 Å². The molecule has 0 radical (unpaired) electrons. The number of carbonyl (C=O) groups excluding carboxylic acids is 1. The van der Waals surface area contributed by atoms with Gasteiger partial charge in [-0.2, -0.15) is 0 Å². The van der Waals surface area contributed by atoms with Crippen LogP contribution >= 0.6 is 0 Å². The maximum Gasteiger partial charge on any atom is 0.258 e. The highest BCUT2D eigenvalue weighted by Gasteiger charge is 2.23. The standard InChI is InChI=1S/C13H17NO3/c1-9(15)10-3-2-4-12(7-10)17-8-13(16)14-11-5-6-11/h2-4,7,9,11,15H,5-6,8H2,1H3,(H,14,16)/t9-/m1/s1. The molecule has 1 aromatic rings. The smallest absolute Gasteiger partial charge is 0.258 e. The predicted octanol–water partition coefficient (Wildman–Crippen LogP) is 1.40. The van der Waals surface area contributed by atoms with E-state index in [1.165, 1.54) is 0 Å². The number of aliphatic hydroxyl groups is 1. The van der Waals surface area contributed by atoms with E-state index in [0.29, 0.717) is 11.8 Å². The zero-order valence-corrected chi connectivity index (χ0v) is 9.85. The lowest BCUT2D eigenvalue weighted by atomic mass is 10.1. The van der Waals surface area contributed by atoms with Crippen LogP contribution in [0.1, 0.15) is 31.4 Å². The van der Waals surface area contributed by atoms with Gasteiger partial charge in [-0.3, -0.25) is 4.79 Å². The van der Waals surface area contributed by atoms with Crippen molar-refractivity contribution in [1.82, 2.24) is 5.32 Å². The van der Waals surface area contributed by atoms with Crippen LogP contribution in [0, 0.1) is 0 Å². The molecule has 0 bridgehead atoms. The lowest BCUT2D eigenvalue weighted by Gasteiger charge is -2.09. The molecule has 0 heterocycles. The summed E-state index contributed by atoms with van der Waals surface area (Å²) in [4.78, 5) is 11.4. The molecule has 4 heteroatoms. The van der Waals surface area contributed by atoms with Crippen LogP contribution in [0.15, 0.2) is 24.3 Å². The first kappa shape index (κ1) is 11.9. The van der Waals surface area contributed by atoms with Crippen LogP contribution in [0.2, 0.25) is 0 Å². The van der Waals surface area contributed by atoms with Gasteiger partial charge in [-0.1, -0.05) is 12.1 Å². The fourth-order valence-corrected chi connectivity index (χ4v) is 1.51. The van der Waals surface area contributed by atoms with Crippen molar-refractivity contribution < 1.29 is 14.6 Å². The second-order valence-electron chi connectivity index (χ2n) is 4.38. The molecule has 0 aromatic heterocycles. The fourth-order valence-electron chi connectivity index (χ4n) is 1.51. The van der Waals surface area contributed by atoms with Crippen LogP contribution in [-0.2, 0) is 4.79 Å². The molecule has 2 N–H and O–H groups in total. The topological polar surface area (TPSA) is 58.6 Å². The summed E-state index contributed by atoms with van der Waals surface area (Å²) in [6, 6.07) is 7.50. The van der Waals surface area contributed by atoms with Crippen molar-refractivity contribution in [2.45, 2.75) is 31.9 Å². The number of aliphatic hydroxyl groups excluding tert-OH is 1. The number of hydrogen-bond acceptors (Lipinski definition) is 3. The zero-order chi connectivity index (χ0) is 12.3. The second kappa shape index (κ2) is 5.19. The molecule has 17 heavy (non-hydrogen) atoms. The Kier molecular flexibility index (Phi) is 3.64. The summed E-state index contributed by atoms with van der Waals surface area (Å²) in [5, 5.41) is 12.3. The quantitative estimate of drug-likeness (QED) is 0.811. The van der Waals surface area contributed by atoms with Gasteiger partial charge in [-0.15, -0.1) is 0 Å². The molecular formula is C13H17NO3. The van der Waals surface area contributed by atoms with Crippen molar-refractivity contribution in [3.8, 4) is 5.75 Å². The number of carbonyl (C=O) groups is 1. The van der Waals surface area contributed by atoms with E-state index in [1.54, 1.807) is 25.1 Å². The van der Waals surface area contributed by atoms with Gasteiger partial charge in [0.05, 0.1) is 6.10 Å². The van der Waals surface area contributed by atoms with Crippen molar-refractivity contribution in [3.63, 3.8) is 0 Å². The van der Waals surface area contributed by atoms with Gasteiger partial charge in [-0.05, 0) is 37.5 Å². The van der Waals surface area contributed by atoms with Gasteiger partial charge in [0.25, 0.3) is 5.91 Å². The highest BCUT2D eigenvalue weighted by molar-refractivity contribution is 5.78. The zero-order valence-electron chi connectivity index (χ0n) is 9.85. The Morgan fingerprint density at radius 1 is 1.59 bits per heavy atom. The molecule has 0 saturated heterocycles. The SMILES string of the molecule is C[C@@H](O)c1cccc(OCC(=O)NC2CC2)c1. The molecule has 2 rings (SSSR count). The maximum atomic E-state index is 11.4. The Labute approximate surface area is 101 Å². The highest BCUT2D eigenvalue weighted by Crippen LogP contribution is 2.20. The lowest BCUT2D eigenvalue weighted by molar-refractivity contribution is -0.123. The highest BCUT2D eigenvalue weighted by atomic mass is 16.5. The summed E-state index contributed by atoms with van der Waals surface area (Å²) in [7, 11) is 0. The van der Waals surface area contributed by atoms with Gasteiger partial charge in [0.2, 0.25) is 0 Å². The minimum Gasteiger partial charge on any atom is -0.484 e. The first-order chi connectivity index (χ1) is 8.15. The van der Waals surface area contributed by atoms with E-state index in [1.807, 2.05) is 6.07 Å². The summed E-state index contributed by atoms with van der Waals surface area (Å²) in [6.07, 6.45) is 1.62. The molecule has 1 saturated carbocycles. The normalized spacial score (nSPS) is 16.4. The number of ether oxygens (including phenoxy) is 1. The Morgan fingerprint density at radius 3 is 3.00 bits per heavy atom. The average Bonchev–Trinajstić information content (AvgIpc) is 3.11. The molecule has 1 aliphatic carbocycles. The molecule has 1 aromatic carbocycles. The van der Waals surface area contributed by atoms with Gasteiger partial charge < -0.3 is 15.2 Å². The summed E-state index contributed by atoms with van der Waals surface area (Å²) in [5.74, 6) is 0.518. The van der Waals surface area contributed by atoms with Gasteiger partial charge in [0.1, 0.15) is 5.75 Å². The minimum absolute atomic E-state index is 0.0275. The van der Waals surface area contributed by atoms with E-state index < -0.39 is 6.10 Å². The molecule has 0 aliphatic heterocycles. The van der Waals surface area contributed by atoms with Crippen molar-refractivity contribution in [3.05, 3.63) is 29.8 Å². The van der Waals surface area contributed by atoms with Gasteiger partial charge >= 0.3 is 0 Å². The van der Waals surface area contributed by atoms with Crippen molar-refractivity contribution in [2.75, 3.05) is 6.61 Å². The fraction of sp³-hybridized carbons (Fsp3) is 0.462. The Hall–Kier alpha value is -1.55. The first-order valence-electron chi connectivity index (χ1n) is 5.85. The molecule has 1 atom stereocenters. The molecule has 0 spiro atoms. The van der Waals surface area contributed by atoms with Crippen LogP contribution in [0.25, 0.3) is 0 Å². The Morgan fingerprint density at radius 2 is 2.35 bits per heavy atom. The summed E-state index contributed by atoms with van der Waals surface area (Å²) < 4.78 is 5.36. The lowest BCUT2D eigenvalue weighted by Crippen LogP contribution is -2.30. The summed E-state index contributed by atoms with van der Waals surface area (Å²) in [6.45, 7) is 1.72. The number of nitrogens with one attached hydrogen (secondary N) is 1. The second-order valence-corrected chi connectivity index (χ2v) is 4.38. The third-order valence-corrected chi connectivity index (χ3v) is 2.65. The van der Waals surface area contributed by atoms with Gasteiger partial charge in [0, 0.05) is 6.04 Å². The number of benzene rings is 1. The molecule has 1 aliphatic rings. The molecule has 0 unspecified atom stereocenters. The van der Waals surface area contributed by atoms with Crippen molar-refractivity contribution in [1.29, 1.82) is 0 Å². The van der Waals surface area contributed by atoms with Crippen LogP contribution in [-0.4, -0.2) is 23.7 Å². The van der Waals surface area contributed by atoms with Crippen LogP contribution in [0.3, 0.4) is 0 Å². The largest absolute Gasteiger partial charge is 0.484 e. The molecule has 4 nitrogen and oxygen atoms in total. The van der Waals surface area contributed by atoms with E-state index in [0.717, 1.165) is 18.4 Å². The molecular weight excluding hydrogens is 218 g/mol. The minimum atomic E-state index is -0.529. The molecule has 92 valence electrons. The summed E-state index contributed by atoms with van der Waals surface area (Å²) in [5.41, 5.74) is 0.783. The number of amides is 1. The van der Waals surface area contributed by atoms with E-state index >= 15 is 0 Å². The van der Waals surface area contributed by atoms with Crippen LogP contribution in [0.4, 0.5) is 0 Å². The van der Waals surface area contributed by atoms with E-state index in [9.17, 15) is 9.90 Å². The first-order valence-corrected chi connectivity index (χ1v) is 5.85. The Balaban J connectivity index is 1.84. The predicted molar refractivity (Wildman–Crippen MR) is 63.7 cm³/mol. The third-order valence-electron chi connectivity index (χ3n) is 2.65. The summed E-state index contributed by atoms with van der Waals surface area (Å²) >= 11 is 0. The third kappa shape index (κ3) is 3.75. The van der Waals surface area contributed by atoms with Gasteiger partial charge in [-0.25, -0.2) is 0 Å². The Bertz CT molecular complexity index is 399. The van der Waals surface area contributed by atoms with E-state index in [-0.39, 0.29) is 12.5 Å². The monoisotopic (exact) mass is 235 g/mol. The van der Waals surface area contributed by atoms with E-state index in [2.05, 4.69) is 5.32 Å². The van der Waals surface area contributed by atoms with Gasteiger partial charge in [0.15, 0.2) is 6.61 Å². The van der Waals surface area contributed by atoms with Crippen LogP contribution < -0.4 is 10.1 Å². The van der Waals surface area contributed by atoms with E-state index in [4.69, 9.17) is 4.74 Å². The number of hydrogen-bond donors (Lipinski definition) is 2. The average molecular weight is 235 g/mol.